The first-order valence-electron chi connectivity index (χ1n) is 3.61. The van der Waals surface area contributed by atoms with Crippen LogP contribution in [-0.2, 0) is 14.3 Å². The van der Waals surface area contributed by atoms with E-state index in [1.54, 1.807) is 4.90 Å². The first-order valence-corrected chi connectivity index (χ1v) is 3.61. The monoisotopic (exact) mass is 167 g/mol. The van der Waals surface area contributed by atoms with Crippen LogP contribution in [0.4, 0.5) is 0 Å². The molecule has 0 unspecified atom stereocenters. The molecular weight excluding hydrogens is 158 g/mol. The zero-order chi connectivity index (χ0) is 8.97. The summed E-state index contributed by atoms with van der Waals surface area (Å²) in [5.41, 5.74) is 0. The van der Waals surface area contributed by atoms with Crippen molar-refractivity contribution in [3.8, 4) is 12.3 Å². The Hall–Kier alpha value is -1.34. The Morgan fingerprint density at radius 3 is 2.50 bits per heavy atom. The van der Waals surface area contributed by atoms with Crippen LogP contribution in [0.3, 0.4) is 0 Å². The van der Waals surface area contributed by atoms with Crippen molar-refractivity contribution >= 4 is 11.9 Å². The molecule has 1 rings (SSSR count). The minimum absolute atomic E-state index is 0.160. The normalized spacial score (nSPS) is 18.6. The van der Waals surface area contributed by atoms with E-state index in [-0.39, 0.29) is 13.1 Å². The summed E-state index contributed by atoms with van der Waals surface area (Å²) in [4.78, 5) is 23.1. The van der Waals surface area contributed by atoms with E-state index >= 15 is 0 Å². The fourth-order valence-corrected chi connectivity index (χ4v) is 0.993. The number of hydrogen-bond acceptors (Lipinski definition) is 4. The van der Waals surface area contributed by atoms with Crippen molar-refractivity contribution in [3.05, 3.63) is 0 Å². The maximum absolute atomic E-state index is 10.7. The van der Waals surface area contributed by atoms with Gasteiger partial charge in [0.15, 0.2) is 0 Å². The summed E-state index contributed by atoms with van der Waals surface area (Å²) in [6, 6.07) is 0. The zero-order valence-electron chi connectivity index (χ0n) is 6.58. The van der Waals surface area contributed by atoms with Crippen LogP contribution >= 0.6 is 0 Å². The van der Waals surface area contributed by atoms with Gasteiger partial charge in [-0.15, -0.1) is 12.3 Å². The van der Waals surface area contributed by atoms with E-state index in [1.165, 1.54) is 0 Å². The van der Waals surface area contributed by atoms with Crippen LogP contribution in [0.15, 0.2) is 0 Å². The predicted octanol–water partition coefficient (Wildman–Crippen LogP) is -0.605. The molecule has 0 atom stereocenters. The van der Waals surface area contributed by atoms with Gasteiger partial charge in [0, 0.05) is 13.0 Å². The molecule has 0 aromatic carbocycles. The molecule has 0 spiro atoms. The third kappa shape index (κ3) is 2.36. The van der Waals surface area contributed by atoms with E-state index in [4.69, 9.17) is 6.42 Å². The van der Waals surface area contributed by atoms with Crippen molar-refractivity contribution in [2.24, 2.45) is 0 Å². The third-order valence-electron chi connectivity index (χ3n) is 1.51. The van der Waals surface area contributed by atoms with Gasteiger partial charge in [0.2, 0.25) is 0 Å². The molecule has 0 aromatic rings. The molecule has 0 saturated carbocycles. The van der Waals surface area contributed by atoms with Crippen molar-refractivity contribution < 1.29 is 14.3 Å². The minimum atomic E-state index is -0.497. The topological polar surface area (TPSA) is 46.6 Å². The second-order valence-electron chi connectivity index (χ2n) is 2.51. The molecule has 1 fully saturated rings. The van der Waals surface area contributed by atoms with E-state index < -0.39 is 11.9 Å². The third-order valence-corrected chi connectivity index (χ3v) is 1.51. The Bertz CT molecular complexity index is 225. The molecule has 1 heterocycles. The number of esters is 2. The van der Waals surface area contributed by atoms with Crippen LogP contribution < -0.4 is 0 Å². The highest BCUT2D eigenvalue weighted by molar-refractivity contribution is 5.90. The maximum atomic E-state index is 10.7. The summed E-state index contributed by atoms with van der Waals surface area (Å²) in [5, 5.41) is 0. The largest absolute Gasteiger partial charge is 0.391 e. The number of terminal acetylenes is 1. The highest BCUT2D eigenvalue weighted by atomic mass is 16.6. The molecule has 0 radical (unpaired) electrons. The molecule has 1 aliphatic rings. The smallest absolute Gasteiger partial charge is 0.327 e. The first kappa shape index (κ1) is 8.75. The lowest BCUT2D eigenvalue weighted by Gasteiger charge is -2.22. The second-order valence-corrected chi connectivity index (χ2v) is 2.51. The summed E-state index contributed by atoms with van der Waals surface area (Å²) in [6.45, 7) is 0.887. The Morgan fingerprint density at radius 1 is 1.42 bits per heavy atom. The number of nitrogens with zero attached hydrogens (tertiary/aromatic N) is 1. The summed E-state index contributed by atoms with van der Waals surface area (Å²) in [7, 11) is 0. The molecule has 0 bridgehead atoms. The Balaban J connectivity index is 2.40. The summed E-state index contributed by atoms with van der Waals surface area (Å²) in [6.07, 6.45) is 5.58. The minimum Gasteiger partial charge on any atom is -0.391 e. The van der Waals surface area contributed by atoms with Crippen molar-refractivity contribution in [1.82, 2.24) is 4.90 Å². The molecule has 0 aliphatic carbocycles. The fourth-order valence-electron chi connectivity index (χ4n) is 0.993. The van der Waals surface area contributed by atoms with E-state index in [9.17, 15) is 9.59 Å². The summed E-state index contributed by atoms with van der Waals surface area (Å²) in [5.74, 6) is 1.45. The predicted molar refractivity (Wildman–Crippen MR) is 41.0 cm³/mol. The van der Waals surface area contributed by atoms with E-state index in [0.717, 1.165) is 0 Å². The van der Waals surface area contributed by atoms with Crippen LogP contribution in [0.1, 0.15) is 6.42 Å². The standard InChI is InChI=1S/C8H9NO3/c1-2-3-4-9-5-7(10)12-8(11)6-9/h1H,3-6H2. The van der Waals surface area contributed by atoms with E-state index in [0.29, 0.717) is 13.0 Å². The van der Waals surface area contributed by atoms with Crippen molar-refractivity contribution in [2.45, 2.75) is 6.42 Å². The number of carbonyl (C=O) groups excluding carboxylic acids is 2. The Kier molecular flexibility index (Phi) is 2.83. The average Bonchev–Trinajstić information content (AvgIpc) is 1.99. The van der Waals surface area contributed by atoms with Gasteiger partial charge in [0.05, 0.1) is 13.1 Å². The molecule has 0 amide bonds. The molecule has 0 N–H and O–H groups in total. The average molecular weight is 167 g/mol. The number of cyclic esters (lactones) is 2. The van der Waals surface area contributed by atoms with Gasteiger partial charge in [0.25, 0.3) is 0 Å². The number of hydrogen-bond donors (Lipinski definition) is 0. The van der Waals surface area contributed by atoms with Gasteiger partial charge in [-0.3, -0.25) is 14.5 Å². The molecule has 4 heteroatoms. The first-order chi connectivity index (χ1) is 5.72. The summed E-state index contributed by atoms with van der Waals surface area (Å²) < 4.78 is 4.33. The van der Waals surface area contributed by atoms with Crippen molar-refractivity contribution in [3.63, 3.8) is 0 Å². The SMILES string of the molecule is C#CCCN1CC(=O)OC(=O)C1. The quantitative estimate of drug-likeness (QED) is 0.313. The van der Waals surface area contributed by atoms with Gasteiger partial charge in [-0.05, 0) is 0 Å². The molecule has 0 aromatic heterocycles. The van der Waals surface area contributed by atoms with E-state index in [1.807, 2.05) is 0 Å². The van der Waals surface area contributed by atoms with Gasteiger partial charge < -0.3 is 4.74 Å². The van der Waals surface area contributed by atoms with Crippen LogP contribution in [-0.4, -0.2) is 36.5 Å². The molecule has 64 valence electrons. The number of morpholine rings is 1. The van der Waals surface area contributed by atoms with Gasteiger partial charge in [0.1, 0.15) is 0 Å². The maximum Gasteiger partial charge on any atom is 0.327 e. The lowest BCUT2D eigenvalue weighted by Crippen LogP contribution is -2.43. The van der Waals surface area contributed by atoms with Gasteiger partial charge in [-0.2, -0.15) is 0 Å². The number of ether oxygens (including phenoxy) is 1. The molecule has 1 saturated heterocycles. The molecular formula is C8H9NO3. The van der Waals surface area contributed by atoms with Crippen LogP contribution in [0.25, 0.3) is 0 Å². The lowest BCUT2D eigenvalue weighted by atomic mass is 10.3. The number of carbonyl (C=O) groups is 2. The highest BCUT2D eigenvalue weighted by Crippen LogP contribution is 1.99. The van der Waals surface area contributed by atoms with Crippen LogP contribution in [0.2, 0.25) is 0 Å². The van der Waals surface area contributed by atoms with Gasteiger partial charge in [-0.1, -0.05) is 0 Å². The van der Waals surface area contributed by atoms with Gasteiger partial charge >= 0.3 is 11.9 Å². The van der Waals surface area contributed by atoms with E-state index in [2.05, 4.69) is 10.7 Å². The van der Waals surface area contributed by atoms with Crippen molar-refractivity contribution in [1.29, 1.82) is 0 Å². The summed E-state index contributed by atoms with van der Waals surface area (Å²) >= 11 is 0. The second kappa shape index (κ2) is 3.88. The highest BCUT2D eigenvalue weighted by Gasteiger charge is 2.23. The molecule has 1 aliphatic heterocycles. The number of rotatable bonds is 2. The Morgan fingerprint density at radius 2 is 2.00 bits per heavy atom. The van der Waals surface area contributed by atoms with Crippen LogP contribution in [0.5, 0.6) is 0 Å². The zero-order valence-corrected chi connectivity index (χ0v) is 6.58. The fraction of sp³-hybridized carbons (Fsp3) is 0.500. The Labute approximate surface area is 70.5 Å². The molecule has 4 nitrogen and oxygen atoms in total. The van der Waals surface area contributed by atoms with Crippen LogP contribution in [0, 0.1) is 12.3 Å². The lowest BCUT2D eigenvalue weighted by molar-refractivity contribution is -0.166. The molecule has 12 heavy (non-hydrogen) atoms. The van der Waals surface area contributed by atoms with Crippen molar-refractivity contribution in [2.75, 3.05) is 19.6 Å². The van der Waals surface area contributed by atoms with Gasteiger partial charge in [-0.25, -0.2) is 0 Å².